The lowest BCUT2D eigenvalue weighted by Gasteiger charge is -2.18. The minimum atomic E-state index is 0.316. The Bertz CT molecular complexity index is 316. The van der Waals surface area contributed by atoms with Crippen LogP contribution in [0.25, 0.3) is 0 Å². The molecule has 1 aliphatic rings. The molecule has 14 heavy (non-hydrogen) atoms. The van der Waals surface area contributed by atoms with Crippen LogP contribution < -0.4 is 10.6 Å². The molecule has 0 radical (unpaired) electrons. The summed E-state index contributed by atoms with van der Waals surface area (Å²) in [6.07, 6.45) is 3.13. The van der Waals surface area contributed by atoms with E-state index in [0.29, 0.717) is 6.10 Å². The molecule has 0 bridgehead atoms. The zero-order valence-corrected chi connectivity index (χ0v) is 8.31. The van der Waals surface area contributed by atoms with Gasteiger partial charge in [-0.15, -0.1) is 0 Å². The summed E-state index contributed by atoms with van der Waals surface area (Å²) in [5, 5.41) is 0. The van der Waals surface area contributed by atoms with Gasteiger partial charge in [0.25, 0.3) is 0 Å². The molecule has 0 amide bonds. The van der Waals surface area contributed by atoms with E-state index in [1.54, 1.807) is 13.3 Å². The van der Waals surface area contributed by atoms with Crippen molar-refractivity contribution >= 4 is 11.5 Å². The Kier molecular flexibility index (Phi) is 2.54. The second-order valence-corrected chi connectivity index (χ2v) is 3.51. The van der Waals surface area contributed by atoms with Crippen LogP contribution in [-0.2, 0) is 4.74 Å². The van der Waals surface area contributed by atoms with E-state index in [-0.39, 0.29) is 0 Å². The topological polar surface area (TPSA) is 51.4 Å². The molecule has 0 spiro atoms. The minimum Gasteiger partial charge on any atom is -0.396 e. The monoisotopic (exact) mass is 193 g/mol. The molecule has 0 aromatic carbocycles. The fourth-order valence-electron chi connectivity index (χ4n) is 1.79. The van der Waals surface area contributed by atoms with Gasteiger partial charge in [-0.3, -0.25) is 0 Å². The zero-order valence-electron chi connectivity index (χ0n) is 8.31. The second kappa shape index (κ2) is 3.84. The number of nitrogens with two attached hydrogens (primary N) is 1. The number of ether oxygens (including phenoxy) is 1. The van der Waals surface area contributed by atoms with E-state index in [1.165, 1.54) is 0 Å². The molecule has 1 saturated heterocycles. The Labute approximate surface area is 83.7 Å². The van der Waals surface area contributed by atoms with Crippen molar-refractivity contribution in [1.29, 1.82) is 0 Å². The molecule has 0 aliphatic carbocycles. The lowest BCUT2D eigenvalue weighted by atomic mass is 10.3. The van der Waals surface area contributed by atoms with Crippen LogP contribution in [0.1, 0.15) is 6.42 Å². The first-order valence-electron chi connectivity index (χ1n) is 4.79. The first-order valence-corrected chi connectivity index (χ1v) is 4.79. The van der Waals surface area contributed by atoms with Crippen LogP contribution in [0.4, 0.5) is 11.5 Å². The Morgan fingerprint density at radius 1 is 1.64 bits per heavy atom. The van der Waals surface area contributed by atoms with Gasteiger partial charge in [-0.1, -0.05) is 0 Å². The molecule has 0 saturated carbocycles. The molecule has 1 aliphatic heterocycles. The van der Waals surface area contributed by atoms with Crippen molar-refractivity contribution in [2.75, 3.05) is 30.8 Å². The maximum atomic E-state index is 5.84. The third-order valence-corrected chi connectivity index (χ3v) is 2.59. The van der Waals surface area contributed by atoms with E-state index in [0.717, 1.165) is 31.0 Å². The van der Waals surface area contributed by atoms with Crippen molar-refractivity contribution in [2.45, 2.75) is 12.5 Å². The zero-order chi connectivity index (χ0) is 9.97. The molecule has 1 fully saturated rings. The molecular formula is C10H15N3O. The van der Waals surface area contributed by atoms with Gasteiger partial charge in [0.2, 0.25) is 0 Å². The summed E-state index contributed by atoms with van der Waals surface area (Å²) in [5.74, 6) is 0.882. The Morgan fingerprint density at radius 3 is 3.14 bits per heavy atom. The van der Waals surface area contributed by atoms with E-state index in [2.05, 4.69) is 9.88 Å². The van der Waals surface area contributed by atoms with Gasteiger partial charge in [0, 0.05) is 26.4 Å². The maximum absolute atomic E-state index is 5.84. The van der Waals surface area contributed by atoms with E-state index in [4.69, 9.17) is 10.5 Å². The summed E-state index contributed by atoms with van der Waals surface area (Å²) in [5.41, 5.74) is 6.58. The van der Waals surface area contributed by atoms with Crippen molar-refractivity contribution in [3.05, 3.63) is 18.3 Å². The van der Waals surface area contributed by atoms with E-state index in [1.807, 2.05) is 12.1 Å². The van der Waals surface area contributed by atoms with E-state index in [9.17, 15) is 0 Å². The van der Waals surface area contributed by atoms with Gasteiger partial charge < -0.3 is 15.4 Å². The van der Waals surface area contributed by atoms with Crippen LogP contribution in [0.2, 0.25) is 0 Å². The van der Waals surface area contributed by atoms with Crippen LogP contribution in [0.5, 0.6) is 0 Å². The number of nitrogen functional groups attached to an aromatic ring is 1. The highest BCUT2D eigenvalue weighted by Crippen LogP contribution is 2.24. The molecule has 0 unspecified atom stereocenters. The summed E-state index contributed by atoms with van der Waals surface area (Å²) in [6, 6.07) is 3.73. The SMILES string of the molecule is CO[C@@H]1CCN(c2ncccc2N)C1. The lowest BCUT2D eigenvalue weighted by molar-refractivity contribution is 0.121. The quantitative estimate of drug-likeness (QED) is 0.757. The van der Waals surface area contributed by atoms with Gasteiger partial charge in [0.15, 0.2) is 5.82 Å². The molecule has 1 aromatic heterocycles. The predicted molar refractivity (Wildman–Crippen MR) is 56.3 cm³/mol. The van der Waals surface area contributed by atoms with Crippen LogP contribution in [0.3, 0.4) is 0 Å². The predicted octanol–water partition coefficient (Wildman–Crippen LogP) is 0.889. The standard InChI is InChI=1S/C10H15N3O/c1-14-8-4-6-13(7-8)10-9(11)3-2-5-12-10/h2-3,5,8H,4,6-7,11H2,1H3/t8-/m1/s1. The number of methoxy groups -OCH3 is 1. The Hall–Kier alpha value is -1.29. The van der Waals surface area contributed by atoms with Crippen molar-refractivity contribution in [3.8, 4) is 0 Å². The number of rotatable bonds is 2. The molecule has 2 N–H and O–H groups in total. The summed E-state index contributed by atoms with van der Waals surface area (Å²) < 4.78 is 5.29. The molecule has 2 rings (SSSR count). The molecule has 1 atom stereocenters. The van der Waals surface area contributed by atoms with Crippen LogP contribution >= 0.6 is 0 Å². The van der Waals surface area contributed by atoms with Crippen molar-refractivity contribution in [1.82, 2.24) is 4.98 Å². The third kappa shape index (κ3) is 1.65. The van der Waals surface area contributed by atoms with E-state index >= 15 is 0 Å². The van der Waals surface area contributed by atoms with Crippen LogP contribution in [0.15, 0.2) is 18.3 Å². The normalized spacial score (nSPS) is 21.5. The summed E-state index contributed by atoms with van der Waals surface area (Å²) in [6.45, 7) is 1.86. The summed E-state index contributed by atoms with van der Waals surface area (Å²) in [7, 11) is 1.75. The number of hydrogen-bond donors (Lipinski definition) is 1. The first kappa shape index (κ1) is 9.27. The summed E-state index contributed by atoms with van der Waals surface area (Å²) in [4.78, 5) is 6.44. The van der Waals surface area contributed by atoms with Gasteiger partial charge in [0.1, 0.15) is 0 Å². The smallest absolute Gasteiger partial charge is 0.151 e. The number of aromatic nitrogens is 1. The number of nitrogens with zero attached hydrogens (tertiary/aromatic N) is 2. The number of hydrogen-bond acceptors (Lipinski definition) is 4. The molecule has 2 heterocycles. The largest absolute Gasteiger partial charge is 0.396 e. The van der Waals surface area contributed by atoms with Crippen molar-refractivity contribution in [3.63, 3.8) is 0 Å². The second-order valence-electron chi connectivity index (χ2n) is 3.51. The Morgan fingerprint density at radius 2 is 2.50 bits per heavy atom. The number of anilines is 2. The van der Waals surface area contributed by atoms with Gasteiger partial charge >= 0.3 is 0 Å². The highest BCUT2D eigenvalue weighted by Gasteiger charge is 2.23. The lowest BCUT2D eigenvalue weighted by Crippen LogP contribution is -2.23. The highest BCUT2D eigenvalue weighted by molar-refractivity contribution is 5.62. The van der Waals surface area contributed by atoms with Crippen molar-refractivity contribution in [2.24, 2.45) is 0 Å². The fourth-order valence-corrected chi connectivity index (χ4v) is 1.79. The minimum absolute atomic E-state index is 0.316. The maximum Gasteiger partial charge on any atom is 0.151 e. The molecule has 4 heteroatoms. The average molecular weight is 193 g/mol. The van der Waals surface area contributed by atoms with E-state index < -0.39 is 0 Å². The van der Waals surface area contributed by atoms with Crippen LogP contribution in [-0.4, -0.2) is 31.3 Å². The highest BCUT2D eigenvalue weighted by atomic mass is 16.5. The molecule has 76 valence electrons. The van der Waals surface area contributed by atoms with Gasteiger partial charge in [-0.25, -0.2) is 4.98 Å². The first-order chi connectivity index (χ1) is 6.81. The molecule has 4 nitrogen and oxygen atoms in total. The molecule has 1 aromatic rings. The van der Waals surface area contributed by atoms with Gasteiger partial charge in [-0.05, 0) is 18.6 Å². The number of pyridine rings is 1. The molecular weight excluding hydrogens is 178 g/mol. The Balaban J connectivity index is 2.13. The fraction of sp³-hybridized carbons (Fsp3) is 0.500. The van der Waals surface area contributed by atoms with Crippen molar-refractivity contribution < 1.29 is 4.74 Å². The van der Waals surface area contributed by atoms with Gasteiger partial charge in [-0.2, -0.15) is 0 Å². The average Bonchev–Trinajstić information content (AvgIpc) is 2.67. The third-order valence-electron chi connectivity index (χ3n) is 2.59. The van der Waals surface area contributed by atoms with Gasteiger partial charge in [0.05, 0.1) is 11.8 Å². The summed E-state index contributed by atoms with van der Waals surface area (Å²) >= 11 is 0. The van der Waals surface area contributed by atoms with Crippen LogP contribution in [0, 0.1) is 0 Å².